The molecule has 0 amide bonds. The molecule has 0 heterocycles. The molecule has 2 rings (SSSR count). The van der Waals surface area contributed by atoms with Crippen molar-refractivity contribution in [2.45, 2.75) is 31.6 Å². The van der Waals surface area contributed by atoms with Crippen molar-refractivity contribution in [3.63, 3.8) is 0 Å². The zero-order valence-electron chi connectivity index (χ0n) is 15.1. The normalized spacial score (nSPS) is 11.4. The van der Waals surface area contributed by atoms with E-state index in [0.29, 0.717) is 11.5 Å². The Kier molecular flexibility index (Phi) is 6.32. The number of hydrogen-bond acceptors (Lipinski definition) is 5. The topological polar surface area (TPSA) is 77.5 Å². The van der Waals surface area contributed by atoms with Crippen molar-refractivity contribution in [2.24, 2.45) is 0 Å². The van der Waals surface area contributed by atoms with Crippen LogP contribution in [0.15, 0.2) is 53.4 Å². The Morgan fingerprint density at radius 1 is 1.00 bits per heavy atom. The standard InChI is InChI=1S/C20H22O5S/c1-4-26(23,24)19-8-6-5-7-17(19)20(22)25-13-18(21)16-11-9-15(10-12-16)14(2)3/h5-12,14H,4,13H2,1-3H3. The maximum absolute atomic E-state index is 12.3. The van der Waals surface area contributed by atoms with E-state index >= 15 is 0 Å². The van der Waals surface area contributed by atoms with Crippen molar-refractivity contribution < 1.29 is 22.7 Å². The SMILES string of the molecule is CCS(=O)(=O)c1ccccc1C(=O)OCC(=O)c1ccc(C(C)C)cc1. The lowest BCUT2D eigenvalue weighted by atomic mass is 10.0. The molecule has 0 N–H and O–H groups in total. The summed E-state index contributed by atoms with van der Waals surface area (Å²) in [5, 5.41) is 0. The number of benzene rings is 2. The number of carbonyl (C=O) groups excluding carboxylic acids is 2. The van der Waals surface area contributed by atoms with Gasteiger partial charge in [-0.25, -0.2) is 13.2 Å². The lowest BCUT2D eigenvalue weighted by Gasteiger charge is -2.10. The molecule has 0 unspecified atom stereocenters. The summed E-state index contributed by atoms with van der Waals surface area (Å²) in [6.07, 6.45) is 0. The van der Waals surface area contributed by atoms with Gasteiger partial charge in [0.2, 0.25) is 0 Å². The van der Waals surface area contributed by atoms with Gasteiger partial charge in [0, 0.05) is 5.56 Å². The summed E-state index contributed by atoms with van der Waals surface area (Å²) < 4.78 is 29.2. The molecule has 0 aromatic heterocycles. The highest BCUT2D eigenvalue weighted by Crippen LogP contribution is 2.19. The molecule has 0 saturated carbocycles. The van der Waals surface area contributed by atoms with Crippen molar-refractivity contribution >= 4 is 21.6 Å². The maximum atomic E-state index is 12.3. The van der Waals surface area contributed by atoms with Gasteiger partial charge in [-0.05, 0) is 23.6 Å². The van der Waals surface area contributed by atoms with Gasteiger partial charge in [-0.3, -0.25) is 4.79 Å². The summed E-state index contributed by atoms with van der Waals surface area (Å²) >= 11 is 0. The second-order valence-corrected chi connectivity index (χ2v) is 8.42. The molecule has 0 spiro atoms. The molecule has 2 aromatic rings. The Bertz CT molecular complexity index is 896. The third-order valence-corrected chi connectivity index (χ3v) is 5.84. The molecule has 0 saturated heterocycles. The van der Waals surface area contributed by atoms with E-state index < -0.39 is 22.4 Å². The van der Waals surface area contributed by atoms with Gasteiger partial charge < -0.3 is 4.74 Å². The second kappa shape index (κ2) is 8.27. The number of esters is 1. The second-order valence-electron chi connectivity index (χ2n) is 6.18. The maximum Gasteiger partial charge on any atom is 0.339 e. The average Bonchev–Trinajstić information content (AvgIpc) is 2.65. The van der Waals surface area contributed by atoms with Gasteiger partial charge in [-0.1, -0.05) is 57.2 Å². The van der Waals surface area contributed by atoms with Gasteiger partial charge >= 0.3 is 5.97 Å². The van der Waals surface area contributed by atoms with Gasteiger partial charge in [-0.2, -0.15) is 0 Å². The molecule has 6 heteroatoms. The zero-order valence-corrected chi connectivity index (χ0v) is 15.9. The number of Topliss-reactive ketones (excluding diaryl/α,β-unsaturated/α-hetero) is 1. The Balaban J connectivity index is 2.11. The monoisotopic (exact) mass is 374 g/mol. The summed E-state index contributed by atoms with van der Waals surface area (Å²) in [6.45, 7) is 5.17. The highest BCUT2D eigenvalue weighted by atomic mass is 32.2. The van der Waals surface area contributed by atoms with E-state index in [-0.39, 0.29) is 22.0 Å². The first-order valence-electron chi connectivity index (χ1n) is 8.38. The van der Waals surface area contributed by atoms with Crippen LogP contribution >= 0.6 is 0 Å². The van der Waals surface area contributed by atoms with E-state index in [4.69, 9.17) is 4.74 Å². The molecular weight excluding hydrogens is 352 g/mol. The highest BCUT2D eigenvalue weighted by molar-refractivity contribution is 7.91. The molecule has 5 nitrogen and oxygen atoms in total. The summed E-state index contributed by atoms with van der Waals surface area (Å²) in [7, 11) is -3.56. The van der Waals surface area contributed by atoms with Gasteiger partial charge in [0.1, 0.15) is 0 Å². The number of ether oxygens (including phenoxy) is 1. The fourth-order valence-electron chi connectivity index (χ4n) is 2.41. The number of sulfone groups is 1. The molecular formula is C20H22O5S. The van der Waals surface area contributed by atoms with Crippen molar-refractivity contribution in [3.8, 4) is 0 Å². The van der Waals surface area contributed by atoms with Gasteiger partial charge in [0.05, 0.1) is 16.2 Å². The fraction of sp³-hybridized carbons (Fsp3) is 0.300. The zero-order chi connectivity index (χ0) is 19.3. The molecule has 0 bridgehead atoms. The van der Waals surface area contributed by atoms with Crippen LogP contribution in [0.1, 0.15) is 53.0 Å². The summed E-state index contributed by atoms with van der Waals surface area (Å²) in [6, 6.07) is 13.0. The number of rotatable bonds is 7. The lowest BCUT2D eigenvalue weighted by molar-refractivity contribution is 0.0471. The number of hydrogen-bond donors (Lipinski definition) is 0. The smallest absolute Gasteiger partial charge is 0.339 e. The van der Waals surface area contributed by atoms with Crippen LogP contribution in [0, 0.1) is 0 Å². The molecule has 138 valence electrons. The van der Waals surface area contributed by atoms with Crippen molar-refractivity contribution in [1.82, 2.24) is 0 Å². The molecule has 26 heavy (non-hydrogen) atoms. The van der Waals surface area contributed by atoms with Crippen LogP contribution in [0.2, 0.25) is 0 Å². The van der Waals surface area contributed by atoms with Crippen LogP contribution < -0.4 is 0 Å². The predicted molar refractivity (Wildman–Crippen MR) is 99.3 cm³/mol. The van der Waals surface area contributed by atoms with Gasteiger partial charge in [0.25, 0.3) is 0 Å². The third kappa shape index (κ3) is 4.58. The van der Waals surface area contributed by atoms with Crippen molar-refractivity contribution in [1.29, 1.82) is 0 Å². The van der Waals surface area contributed by atoms with E-state index in [1.54, 1.807) is 24.3 Å². The Morgan fingerprint density at radius 3 is 2.19 bits per heavy atom. The van der Waals surface area contributed by atoms with Crippen LogP contribution in [-0.2, 0) is 14.6 Å². The summed E-state index contributed by atoms with van der Waals surface area (Å²) in [5.41, 5.74) is 1.49. The lowest BCUT2D eigenvalue weighted by Crippen LogP contribution is -2.17. The van der Waals surface area contributed by atoms with Crippen LogP contribution in [-0.4, -0.2) is 32.5 Å². The Morgan fingerprint density at radius 2 is 1.62 bits per heavy atom. The van der Waals surface area contributed by atoms with Crippen LogP contribution in [0.5, 0.6) is 0 Å². The van der Waals surface area contributed by atoms with E-state index in [9.17, 15) is 18.0 Å². The predicted octanol–water partition coefficient (Wildman–Crippen LogP) is 3.64. The molecule has 0 radical (unpaired) electrons. The van der Waals surface area contributed by atoms with Crippen molar-refractivity contribution in [3.05, 3.63) is 65.2 Å². The molecule has 0 aliphatic rings. The first-order valence-corrected chi connectivity index (χ1v) is 10.0. The molecule has 0 atom stereocenters. The molecule has 2 aromatic carbocycles. The van der Waals surface area contributed by atoms with Gasteiger partial charge in [-0.15, -0.1) is 0 Å². The summed E-state index contributed by atoms with van der Waals surface area (Å²) in [4.78, 5) is 24.4. The number of carbonyl (C=O) groups is 2. The minimum Gasteiger partial charge on any atom is -0.454 e. The third-order valence-electron chi connectivity index (χ3n) is 4.06. The highest BCUT2D eigenvalue weighted by Gasteiger charge is 2.22. The van der Waals surface area contributed by atoms with E-state index in [1.807, 2.05) is 12.1 Å². The Labute approximate surface area is 153 Å². The van der Waals surface area contributed by atoms with E-state index in [2.05, 4.69) is 13.8 Å². The minimum atomic E-state index is -3.56. The van der Waals surface area contributed by atoms with Crippen LogP contribution in [0.25, 0.3) is 0 Å². The van der Waals surface area contributed by atoms with Crippen LogP contribution in [0.4, 0.5) is 0 Å². The van der Waals surface area contributed by atoms with E-state index in [0.717, 1.165) is 5.56 Å². The molecule has 0 aliphatic heterocycles. The quantitative estimate of drug-likeness (QED) is 0.546. The first-order chi connectivity index (χ1) is 12.3. The Hall–Kier alpha value is -2.47. The summed E-state index contributed by atoms with van der Waals surface area (Å²) in [5.74, 6) is -0.943. The average molecular weight is 374 g/mol. The minimum absolute atomic E-state index is 0.0581. The number of ketones is 1. The first kappa shape index (κ1) is 19.8. The van der Waals surface area contributed by atoms with Gasteiger partial charge in [0.15, 0.2) is 22.2 Å². The largest absolute Gasteiger partial charge is 0.454 e. The molecule has 0 fully saturated rings. The fourth-order valence-corrected chi connectivity index (χ4v) is 3.49. The molecule has 0 aliphatic carbocycles. The van der Waals surface area contributed by atoms with Crippen molar-refractivity contribution in [2.75, 3.05) is 12.4 Å². The van der Waals surface area contributed by atoms with E-state index in [1.165, 1.54) is 19.1 Å². The van der Waals surface area contributed by atoms with Crippen LogP contribution in [0.3, 0.4) is 0 Å².